The number of benzene rings is 1. The van der Waals surface area contributed by atoms with Crippen molar-refractivity contribution in [2.24, 2.45) is 0 Å². The SMILES string of the molecule is CCC(=O)N1CCN(c2cc(C(=O)NC[C@@H](O)[C@@H]3Cc4ccc(OCOC)cc4CN3C(=O)OC(C)(C)C)cc(NC3CCC3)n2)CC1. The molecule has 3 amide bonds. The standard InChI is InChI=1S/C35H50N6O7/c1-6-32(43)40-14-12-39(13-15-40)31-19-24(18-30(38-31)37-26-8-7-9-26)33(44)36-20-29(42)28-17-23-10-11-27(47-22-46-5)16-25(23)21-41(28)34(45)48-35(2,3)4/h10-11,16,18-19,26,28-29,42H,6-9,12-15,17,20-22H2,1-5H3,(H,36,44)(H,37,38)/t28-,29+/m0/s1. The summed E-state index contributed by atoms with van der Waals surface area (Å²) in [6.45, 7) is 9.94. The van der Waals surface area contributed by atoms with Gasteiger partial charge >= 0.3 is 6.09 Å². The molecule has 1 aromatic carbocycles. The van der Waals surface area contributed by atoms with E-state index in [1.807, 2.05) is 30.0 Å². The summed E-state index contributed by atoms with van der Waals surface area (Å²) < 4.78 is 16.3. The number of piperazine rings is 1. The quantitative estimate of drug-likeness (QED) is 0.305. The number of nitrogens with zero attached hydrogens (tertiary/aromatic N) is 4. The lowest BCUT2D eigenvalue weighted by Crippen LogP contribution is -2.54. The monoisotopic (exact) mass is 666 g/mol. The van der Waals surface area contributed by atoms with Crippen LogP contribution in [0.5, 0.6) is 5.75 Å². The molecule has 3 aliphatic rings. The number of rotatable bonds is 11. The molecule has 262 valence electrons. The van der Waals surface area contributed by atoms with Gasteiger partial charge in [-0.15, -0.1) is 0 Å². The average molecular weight is 667 g/mol. The number of ether oxygens (including phenoxy) is 3. The summed E-state index contributed by atoms with van der Waals surface area (Å²) >= 11 is 0. The number of carbonyl (C=O) groups excluding carboxylic acids is 3. The van der Waals surface area contributed by atoms with Gasteiger partial charge in [-0.1, -0.05) is 13.0 Å². The van der Waals surface area contributed by atoms with E-state index in [1.54, 1.807) is 40.0 Å². The zero-order chi connectivity index (χ0) is 34.4. The highest BCUT2D eigenvalue weighted by atomic mass is 16.7. The Morgan fingerprint density at radius 3 is 2.46 bits per heavy atom. The molecule has 5 rings (SSSR count). The van der Waals surface area contributed by atoms with Gasteiger partial charge in [0.15, 0.2) is 6.79 Å². The molecule has 0 bridgehead atoms. The Kier molecular flexibility index (Phi) is 11.3. The normalized spacial score (nSPS) is 18.8. The third-order valence-electron chi connectivity index (χ3n) is 9.03. The van der Waals surface area contributed by atoms with Crippen LogP contribution in [0.4, 0.5) is 16.4 Å². The van der Waals surface area contributed by atoms with Gasteiger partial charge < -0.3 is 39.8 Å². The molecule has 13 nitrogen and oxygen atoms in total. The van der Waals surface area contributed by atoms with Crippen LogP contribution >= 0.6 is 0 Å². The van der Waals surface area contributed by atoms with Crippen molar-refractivity contribution in [1.29, 1.82) is 0 Å². The molecule has 2 fully saturated rings. The maximum atomic E-state index is 13.6. The first-order valence-electron chi connectivity index (χ1n) is 16.9. The minimum Gasteiger partial charge on any atom is -0.468 e. The Hall–Kier alpha value is -4.10. The van der Waals surface area contributed by atoms with E-state index >= 15 is 0 Å². The summed E-state index contributed by atoms with van der Waals surface area (Å²) in [4.78, 5) is 49.5. The van der Waals surface area contributed by atoms with E-state index in [0.29, 0.717) is 68.0 Å². The van der Waals surface area contributed by atoms with E-state index in [1.165, 1.54) is 4.90 Å². The van der Waals surface area contributed by atoms with Gasteiger partial charge in [-0.05, 0) is 81.8 Å². The van der Waals surface area contributed by atoms with Gasteiger partial charge in [0.05, 0.1) is 12.1 Å². The number of aliphatic hydroxyl groups is 1. The number of amides is 3. The molecule has 0 spiro atoms. The smallest absolute Gasteiger partial charge is 0.410 e. The van der Waals surface area contributed by atoms with Gasteiger partial charge in [0.2, 0.25) is 5.91 Å². The fraction of sp³-hybridized carbons (Fsp3) is 0.600. The molecule has 1 aliphatic carbocycles. The molecule has 48 heavy (non-hydrogen) atoms. The summed E-state index contributed by atoms with van der Waals surface area (Å²) in [5.41, 5.74) is 1.55. The maximum Gasteiger partial charge on any atom is 0.410 e. The predicted octanol–water partition coefficient (Wildman–Crippen LogP) is 3.54. The van der Waals surface area contributed by atoms with E-state index in [-0.39, 0.29) is 31.7 Å². The molecule has 2 atom stereocenters. The van der Waals surface area contributed by atoms with Crippen LogP contribution in [0.25, 0.3) is 0 Å². The zero-order valence-corrected chi connectivity index (χ0v) is 28.8. The van der Waals surface area contributed by atoms with Crippen molar-refractivity contribution < 1.29 is 33.7 Å². The number of aliphatic hydroxyl groups excluding tert-OH is 1. The summed E-state index contributed by atoms with van der Waals surface area (Å²) in [7, 11) is 1.55. The van der Waals surface area contributed by atoms with E-state index in [9.17, 15) is 19.5 Å². The number of aromatic nitrogens is 1. The van der Waals surface area contributed by atoms with Crippen LogP contribution in [0.15, 0.2) is 30.3 Å². The lowest BCUT2D eigenvalue weighted by Gasteiger charge is -2.40. The van der Waals surface area contributed by atoms with Crippen LogP contribution in [-0.4, -0.2) is 108 Å². The lowest BCUT2D eigenvalue weighted by atomic mass is 9.91. The van der Waals surface area contributed by atoms with Crippen LogP contribution in [0, 0.1) is 0 Å². The second-order valence-electron chi connectivity index (χ2n) is 13.7. The minimum absolute atomic E-state index is 0.0754. The molecule has 0 unspecified atom stereocenters. The van der Waals surface area contributed by atoms with Crippen molar-refractivity contribution in [1.82, 2.24) is 20.1 Å². The van der Waals surface area contributed by atoms with Crippen molar-refractivity contribution in [2.75, 3.05) is 56.8 Å². The van der Waals surface area contributed by atoms with Gasteiger partial charge in [-0.3, -0.25) is 14.5 Å². The maximum absolute atomic E-state index is 13.6. The topological polar surface area (TPSA) is 146 Å². The molecule has 3 heterocycles. The molecular weight excluding hydrogens is 616 g/mol. The zero-order valence-electron chi connectivity index (χ0n) is 28.8. The van der Waals surface area contributed by atoms with Crippen molar-refractivity contribution >= 4 is 29.5 Å². The molecule has 0 radical (unpaired) electrons. The Morgan fingerprint density at radius 1 is 1.06 bits per heavy atom. The Morgan fingerprint density at radius 2 is 1.81 bits per heavy atom. The number of nitrogens with one attached hydrogen (secondary N) is 2. The van der Waals surface area contributed by atoms with E-state index in [4.69, 9.17) is 19.2 Å². The Balaban J connectivity index is 1.30. The van der Waals surface area contributed by atoms with Gasteiger partial charge in [-0.25, -0.2) is 9.78 Å². The molecule has 3 N–H and O–H groups in total. The molecule has 1 aromatic heterocycles. The first-order chi connectivity index (χ1) is 22.9. The number of fused-ring (bicyclic) bond motifs is 1. The number of carbonyl (C=O) groups is 3. The second-order valence-corrected chi connectivity index (χ2v) is 13.7. The van der Waals surface area contributed by atoms with Gasteiger partial charge in [0.25, 0.3) is 5.91 Å². The van der Waals surface area contributed by atoms with Crippen molar-refractivity contribution in [3.63, 3.8) is 0 Å². The average Bonchev–Trinajstić information content (AvgIpc) is 3.05. The first-order valence-corrected chi connectivity index (χ1v) is 16.9. The third-order valence-corrected chi connectivity index (χ3v) is 9.03. The first kappa shape index (κ1) is 35.2. The number of pyridine rings is 1. The number of hydrogen-bond acceptors (Lipinski definition) is 10. The predicted molar refractivity (Wildman–Crippen MR) is 181 cm³/mol. The minimum atomic E-state index is -1.07. The van der Waals surface area contributed by atoms with Gasteiger partial charge in [-0.2, -0.15) is 0 Å². The molecule has 13 heteroatoms. The Labute approximate surface area is 282 Å². The number of anilines is 2. The summed E-state index contributed by atoms with van der Waals surface area (Å²) in [5, 5.41) is 17.8. The van der Waals surface area contributed by atoms with Gasteiger partial charge in [0, 0.05) is 64.4 Å². The van der Waals surface area contributed by atoms with Crippen LogP contribution in [0.1, 0.15) is 74.9 Å². The highest BCUT2D eigenvalue weighted by Crippen LogP contribution is 2.30. The van der Waals surface area contributed by atoms with Crippen molar-refractivity contribution in [3.8, 4) is 5.75 Å². The third kappa shape index (κ3) is 8.87. The highest BCUT2D eigenvalue weighted by molar-refractivity contribution is 5.95. The van der Waals surface area contributed by atoms with Crippen molar-refractivity contribution in [2.45, 2.75) is 90.1 Å². The molecular formula is C35H50N6O7. The molecule has 1 saturated heterocycles. The highest BCUT2D eigenvalue weighted by Gasteiger charge is 2.37. The molecule has 2 aromatic rings. The van der Waals surface area contributed by atoms with Crippen LogP contribution < -0.4 is 20.3 Å². The van der Waals surface area contributed by atoms with E-state index < -0.39 is 23.8 Å². The fourth-order valence-electron chi connectivity index (χ4n) is 6.15. The summed E-state index contributed by atoms with van der Waals surface area (Å²) in [6.07, 6.45) is 2.50. The van der Waals surface area contributed by atoms with Crippen LogP contribution in [0.3, 0.4) is 0 Å². The van der Waals surface area contributed by atoms with Gasteiger partial charge in [0.1, 0.15) is 23.0 Å². The Bertz CT molecular complexity index is 1450. The lowest BCUT2D eigenvalue weighted by molar-refractivity contribution is -0.131. The number of hydrogen-bond donors (Lipinski definition) is 3. The van der Waals surface area contributed by atoms with Crippen LogP contribution in [0.2, 0.25) is 0 Å². The molecule has 2 aliphatic heterocycles. The molecule has 1 saturated carbocycles. The summed E-state index contributed by atoms with van der Waals surface area (Å²) in [6, 6.07) is 8.83. The fourth-order valence-corrected chi connectivity index (χ4v) is 6.15. The van der Waals surface area contributed by atoms with E-state index in [2.05, 4.69) is 15.5 Å². The van der Waals surface area contributed by atoms with E-state index in [0.717, 1.165) is 30.4 Å². The largest absolute Gasteiger partial charge is 0.468 e. The van der Waals surface area contributed by atoms with Crippen LogP contribution in [-0.2, 0) is 27.2 Å². The summed E-state index contributed by atoms with van der Waals surface area (Å²) in [5.74, 6) is 1.69. The van der Waals surface area contributed by atoms with Crippen molar-refractivity contribution in [3.05, 3.63) is 47.0 Å². The second kappa shape index (κ2) is 15.4. The number of methoxy groups -OCH3 is 1.